The Morgan fingerprint density at radius 2 is 1.85 bits per heavy atom. The molecule has 0 aliphatic heterocycles. The average molecular weight is 270 g/mol. The first-order valence-electron chi connectivity index (χ1n) is 6.74. The predicted molar refractivity (Wildman–Crippen MR) is 78.3 cm³/mol. The molecule has 2 N–H and O–H groups in total. The van der Waals surface area contributed by atoms with Gasteiger partial charge in [-0.05, 0) is 30.2 Å². The topological polar surface area (TPSA) is 57.5 Å². The number of hydrogen-bond donors (Lipinski definition) is 2. The van der Waals surface area contributed by atoms with Crippen molar-refractivity contribution in [2.45, 2.75) is 25.7 Å². The molecule has 2 aromatic carbocycles. The summed E-state index contributed by atoms with van der Waals surface area (Å²) in [5, 5.41) is 19.2. The number of carboxylic acid groups (broad SMARTS) is 1. The molecule has 0 saturated carbocycles. The molecule has 2 rings (SSSR count). The Morgan fingerprint density at radius 3 is 2.45 bits per heavy atom. The minimum absolute atomic E-state index is 0.0144. The van der Waals surface area contributed by atoms with Gasteiger partial charge in [0.1, 0.15) is 5.75 Å². The van der Waals surface area contributed by atoms with E-state index in [2.05, 4.69) is 6.92 Å². The van der Waals surface area contributed by atoms with Crippen molar-refractivity contribution in [3.05, 3.63) is 65.2 Å². The summed E-state index contributed by atoms with van der Waals surface area (Å²) in [7, 11) is 0. The molecule has 3 nitrogen and oxygen atoms in total. The zero-order chi connectivity index (χ0) is 14.5. The largest absolute Gasteiger partial charge is 0.508 e. The number of phenolic OH excluding ortho intramolecular Hbond substituents is 1. The van der Waals surface area contributed by atoms with Gasteiger partial charge in [0.15, 0.2) is 0 Å². The van der Waals surface area contributed by atoms with Crippen molar-refractivity contribution in [1.82, 2.24) is 0 Å². The highest BCUT2D eigenvalue weighted by Gasteiger charge is 2.18. The molecule has 0 bridgehead atoms. The van der Waals surface area contributed by atoms with Gasteiger partial charge in [-0.15, -0.1) is 0 Å². The van der Waals surface area contributed by atoms with Crippen LogP contribution in [0.2, 0.25) is 0 Å². The number of rotatable bonds is 5. The van der Waals surface area contributed by atoms with Gasteiger partial charge >= 0.3 is 5.97 Å². The van der Waals surface area contributed by atoms with E-state index in [-0.39, 0.29) is 17.2 Å². The SMILES string of the molecule is CCCC(c1ccccc1)c1cc(C(=O)O)ccc1O. The van der Waals surface area contributed by atoms with Gasteiger partial charge in [0.05, 0.1) is 5.56 Å². The van der Waals surface area contributed by atoms with E-state index in [0.717, 1.165) is 18.4 Å². The Morgan fingerprint density at radius 1 is 1.15 bits per heavy atom. The van der Waals surface area contributed by atoms with Crippen LogP contribution in [-0.4, -0.2) is 16.2 Å². The summed E-state index contributed by atoms with van der Waals surface area (Å²) in [6, 6.07) is 14.3. The monoisotopic (exact) mass is 270 g/mol. The van der Waals surface area contributed by atoms with E-state index in [1.54, 1.807) is 6.07 Å². The van der Waals surface area contributed by atoms with E-state index in [4.69, 9.17) is 5.11 Å². The molecule has 104 valence electrons. The maximum absolute atomic E-state index is 11.1. The average Bonchev–Trinajstić information content (AvgIpc) is 2.46. The van der Waals surface area contributed by atoms with Crippen LogP contribution in [0.15, 0.2) is 48.5 Å². The fourth-order valence-electron chi connectivity index (χ4n) is 2.44. The summed E-state index contributed by atoms with van der Waals surface area (Å²) < 4.78 is 0. The Bertz CT molecular complexity index is 590. The van der Waals surface area contributed by atoms with Crippen LogP contribution in [0.4, 0.5) is 0 Å². The van der Waals surface area contributed by atoms with Crippen molar-refractivity contribution < 1.29 is 15.0 Å². The summed E-state index contributed by atoms with van der Waals surface area (Å²) in [5.74, 6) is -0.813. The van der Waals surface area contributed by atoms with Crippen LogP contribution in [0.3, 0.4) is 0 Å². The van der Waals surface area contributed by atoms with Gasteiger partial charge in [0, 0.05) is 11.5 Å². The van der Waals surface area contributed by atoms with Gasteiger partial charge in [0.25, 0.3) is 0 Å². The molecule has 0 aromatic heterocycles. The first-order valence-corrected chi connectivity index (χ1v) is 6.74. The second kappa shape index (κ2) is 6.24. The van der Waals surface area contributed by atoms with Crippen molar-refractivity contribution in [2.75, 3.05) is 0 Å². The van der Waals surface area contributed by atoms with Crippen LogP contribution in [0.25, 0.3) is 0 Å². The molecule has 0 aliphatic rings. The molecule has 0 amide bonds. The third kappa shape index (κ3) is 2.99. The minimum atomic E-state index is -0.977. The van der Waals surface area contributed by atoms with E-state index in [1.165, 1.54) is 12.1 Å². The van der Waals surface area contributed by atoms with Crippen molar-refractivity contribution in [3.8, 4) is 5.75 Å². The Hall–Kier alpha value is -2.29. The first kappa shape index (κ1) is 14.1. The molecule has 20 heavy (non-hydrogen) atoms. The molecule has 1 unspecified atom stereocenters. The lowest BCUT2D eigenvalue weighted by atomic mass is 9.86. The van der Waals surface area contributed by atoms with E-state index < -0.39 is 5.97 Å². The predicted octanol–water partition coefficient (Wildman–Crippen LogP) is 4.02. The molecule has 0 fully saturated rings. The van der Waals surface area contributed by atoms with Gasteiger partial charge in [-0.3, -0.25) is 0 Å². The molecule has 0 saturated heterocycles. The van der Waals surface area contributed by atoms with Gasteiger partial charge < -0.3 is 10.2 Å². The van der Waals surface area contributed by atoms with E-state index in [0.29, 0.717) is 5.56 Å². The van der Waals surface area contributed by atoms with E-state index >= 15 is 0 Å². The highest BCUT2D eigenvalue weighted by atomic mass is 16.4. The van der Waals surface area contributed by atoms with E-state index in [9.17, 15) is 9.90 Å². The van der Waals surface area contributed by atoms with Crippen molar-refractivity contribution in [2.24, 2.45) is 0 Å². The third-order valence-corrected chi connectivity index (χ3v) is 3.43. The maximum atomic E-state index is 11.1. The number of aromatic carboxylic acids is 1. The van der Waals surface area contributed by atoms with Crippen molar-refractivity contribution >= 4 is 5.97 Å². The van der Waals surface area contributed by atoms with Crippen LogP contribution in [0, 0.1) is 0 Å². The second-order valence-corrected chi connectivity index (χ2v) is 4.83. The molecule has 2 aromatic rings. The quantitative estimate of drug-likeness (QED) is 0.862. The van der Waals surface area contributed by atoms with Gasteiger partial charge in [-0.1, -0.05) is 43.7 Å². The summed E-state index contributed by atoms with van der Waals surface area (Å²) in [6.07, 6.45) is 1.82. The molecule has 0 aliphatic carbocycles. The van der Waals surface area contributed by atoms with Crippen molar-refractivity contribution in [1.29, 1.82) is 0 Å². The number of carboxylic acids is 1. The summed E-state index contributed by atoms with van der Waals surface area (Å²) in [6.45, 7) is 2.08. The molecule has 1 atom stereocenters. The highest BCUT2D eigenvalue weighted by molar-refractivity contribution is 5.88. The lowest BCUT2D eigenvalue weighted by Crippen LogP contribution is -2.04. The van der Waals surface area contributed by atoms with Crippen LogP contribution in [-0.2, 0) is 0 Å². The number of benzene rings is 2. The van der Waals surface area contributed by atoms with Crippen LogP contribution in [0.1, 0.15) is 47.2 Å². The fraction of sp³-hybridized carbons (Fsp3) is 0.235. The number of hydrogen-bond acceptors (Lipinski definition) is 2. The zero-order valence-electron chi connectivity index (χ0n) is 11.4. The smallest absolute Gasteiger partial charge is 0.335 e. The number of aromatic hydroxyl groups is 1. The third-order valence-electron chi connectivity index (χ3n) is 3.43. The van der Waals surface area contributed by atoms with E-state index in [1.807, 2.05) is 30.3 Å². The molecular formula is C17H18O3. The van der Waals surface area contributed by atoms with Gasteiger partial charge in [-0.25, -0.2) is 4.79 Å². The van der Waals surface area contributed by atoms with Crippen LogP contribution < -0.4 is 0 Å². The lowest BCUT2D eigenvalue weighted by Gasteiger charge is -2.19. The first-order chi connectivity index (χ1) is 9.63. The molecule has 3 heteroatoms. The van der Waals surface area contributed by atoms with Gasteiger partial charge in [-0.2, -0.15) is 0 Å². The summed E-state index contributed by atoms with van der Waals surface area (Å²) in [4.78, 5) is 11.1. The number of phenols is 1. The minimum Gasteiger partial charge on any atom is -0.508 e. The Balaban J connectivity index is 2.49. The number of carbonyl (C=O) groups is 1. The standard InChI is InChI=1S/C17H18O3/c1-2-6-14(12-7-4-3-5-8-12)15-11-13(17(19)20)9-10-16(15)18/h3-5,7-11,14,18H,2,6H2,1H3,(H,19,20). The Labute approximate surface area is 118 Å². The normalized spacial score (nSPS) is 12.1. The zero-order valence-corrected chi connectivity index (χ0v) is 11.4. The fourth-order valence-corrected chi connectivity index (χ4v) is 2.44. The van der Waals surface area contributed by atoms with Crippen LogP contribution in [0.5, 0.6) is 5.75 Å². The maximum Gasteiger partial charge on any atom is 0.335 e. The molecule has 0 heterocycles. The van der Waals surface area contributed by atoms with Crippen LogP contribution >= 0.6 is 0 Å². The molecule has 0 radical (unpaired) electrons. The summed E-state index contributed by atoms with van der Waals surface area (Å²) >= 11 is 0. The van der Waals surface area contributed by atoms with Gasteiger partial charge in [0.2, 0.25) is 0 Å². The Kier molecular flexibility index (Phi) is 4.41. The summed E-state index contributed by atoms with van der Waals surface area (Å²) in [5.41, 5.74) is 1.97. The second-order valence-electron chi connectivity index (χ2n) is 4.83. The molecule has 0 spiro atoms. The highest BCUT2D eigenvalue weighted by Crippen LogP contribution is 2.35. The lowest BCUT2D eigenvalue weighted by molar-refractivity contribution is 0.0696. The van der Waals surface area contributed by atoms with Crippen molar-refractivity contribution in [3.63, 3.8) is 0 Å². The molecular weight excluding hydrogens is 252 g/mol.